The van der Waals surface area contributed by atoms with Crippen molar-refractivity contribution in [3.05, 3.63) is 76.3 Å². The van der Waals surface area contributed by atoms with Crippen LogP contribution in [-0.2, 0) is 9.53 Å². The molecule has 1 heterocycles. The van der Waals surface area contributed by atoms with Crippen LogP contribution in [-0.4, -0.2) is 11.9 Å². The van der Waals surface area contributed by atoms with E-state index in [1.807, 2.05) is 60.7 Å². The number of ether oxygens (including phenoxy) is 1. The molecule has 0 spiro atoms. The van der Waals surface area contributed by atoms with Gasteiger partial charge in [-0.05, 0) is 29.3 Å². The Morgan fingerprint density at radius 2 is 1.90 bits per heavy atom. The Bertz CT molecular complexity index is 649. The predicted molar refractivity (Wildman–Crippen MR) is 82.2 cm³/mol. The van der Waals surface area contributed by atoms with Crippen molar-refractivity contribution in [1.29, 1.82) is 0 Å². The Morgan fingerprint density at radius 3 is 2.65 bits per heavy atom. The molecule has 2 aromatic rings. The van der Waals surface area contributed by atoms with Gasteiger partial charge in [0.25, 0.3) is 0 Å². The quantitative estimate of drug-likeness (QED) is 0.622. The molecule has 0 aromatic heterocycles. The van der Waals surface area contributed by atoms with Crippen molar-refractivity contribution in [2.24, 2.45) is 0 Å². The van der Waals surface area contributed by atoms with Crippen LogP contribution in [0.3, 0.4) is 0 Å². The normalized spacial score (nSPS) is 21.1. The average Bonchev–Trinajstić information content (AvgIpc) is 3.26. The van der Waals surface area contributed by atoms with Gasteiger partial charge in [-0.15, -0.1) is 0 Å². The molecule has 20 heavy (non-hydrogen) atoms. The number of epoxide rings is 1. The average molecular weight is 329 g/mol. The second kappa shape index (κ2) is 5.73. The van der Waals surface area contributed by atoms with Crippen LogP contribution < -0.4 is 0 Å². The Labute approximate surface area is 126 Å². The second-order valence-corrected chi connectivity index (χ2v) is 5.59. The summed E-state index contributed by atoms with van der Waals surface area (Å²) in [4.78, 5) is 12.0. The number of ketones is 1. The van der Waals surface area contributed by atoms with E-state index in [1.54, 1.807) is 6.08 Å². The van der Waals surface area contributed by atoms with Crippen molar-refractivity contribution in [2.75, 3.05) is 0 Å². The van der Waals surface area contributed by atoms with Crippen molar-refractivity contribution in [3.8, 4) is 0 Å². The fraction of sp³-hybridized carbons (Fsp3) is 0.118. The minimum atomic E-state index is -0.333. The molecule has 0 amide bonds. The highest BCUT2D eigenvalue weighted by molar-refractivity contribution is 9.10. The molecule has 100 valence electrons. The van der Waals surface area contributed by atoms with Gasteiger partial charge in [-0.25, -0.2) is 0 Å². The topological polar surface area (TPSA) is 29.6 Å². The van der Waals surface area contributed by atoms with Crippen molar-refractivity contribution in [2.45, 2.75) is 12.2 Å². The first-order valence-electron chi connectivity index (χ1n) is 6.42. The third-order valence-electron chi connectivity index (χ3n) is 3.19. The summed E-state index contributed by atoms with van der Waals surface area (Å²) in [7, 11) is 0. The summed E-state index contributed by atoms with van der Waals surface area (Å²) < 4.78 is 6.46. The summed E-state index contributed by atoms with van der Waals surface area (Å²) in [5, 5.41) is 0. The lowest BCUT2D eigenvalue weighted by atomic mass is 10.1. The summed E-state index contributed by atoms with van der Waals surface area (Å²) >= 11 is 3.41. The first-order valence-corrected chi connectivity index (χ1v) is 7.21. The van der Waals surface area contributed by atoms with E-state index in [9.17, 15) is 4.79 Å². The van der Waals surface area contributed by atoms with Crippen molar-refractivity contribution in [1.82, 2.24) is 0 Å². The summed E-state index contributed by atoms with van der Waals surface area (Å²) in [5.74, 6) is 0.0128. The van der Waals surface area contributed by atoms with E-state index in [0.29, 0.717) is 0 Å². The summed E-state index contributed by atoms with van der Waals surface area (Å²) in [6.45, 7) is 0. The van der Waals surface area contributed by atoms with Gasteiger partial charge in [0.15, 0.2) is 11.9 Å². The van der Waals surface area contributed by atoms with Gasteiger partial charge in [0, 0.05) is 4.47 Å². The molecule has 3 rings (SSSR count). The van der Waals surface area contributed by atoms with Gasteiger partial charge in [-0.2, -0.15) is 0 Å². The third kappa shape index (κ3) is 3.06. The zero-order chi connectivity index (χ0) is 13.9. The number of carbonyl (C=O) groups is 1. The molecular weight excluding hydrogens is 316 g/mol. The van der Waals surface area contributed by atoms with E-state index in [-0.39, 0.29) is 18.0 Å². The first-order chi connectivity index (χ1) is 9.74. The maximum Gasteiger partial charge on any atom is 0.187 e. The number of benzene rings is 2. The standard InChI is InChI=1S/C17H13BrO2/c18-14-8-4-5-12(11-14)9-10-15(19)17-16(20-17)13-6-2-1-3-7-13/h1-11,16-17H/b10-9+/t16-,17-/m1/s1. The largest absolute Gasteiger partial charge is 0.356 e. The highest BCUT2D eigenvalue weighted by Gasteiger charge is 2.44. The molecule has 1 saturated heterocycles. The van der Waals surface area contributed by atoms with Crippen LogP contribution in [0.1, 0.15) is 17.2 Å². The van der Waals surface area contributed by atoms with Crippen molar-refractivity contribution in [3.63, 3.8) is 0 Å². The lowest BCUT2D eigenvalue weighted by Crippen LogP contribution is -2.03. The monoisotopic (exact) mass is 328 g/mol. The Balaban J connectivity index is 1.64. The molecule has 0 aliphatic carbocycles. The van der Waals surface area contributed by atoms with E-state index in [2.05, 4.69) is 15.9 Å². The zero-order valence-electron chi connectivity index (χ0n) is 10.7. The fourth-order valence-corrected chi connectivity index (χ4v) is 2.53. The molecule has 0 bridgehead atoms. The van der Waals surface area contributed by atoms with Crippen LogP contribution in [0.5, 0.6) is 0 Å². The maximum atomic E-state index is 12.0. The fourth-order valence-electron chi connectivity index (χ4n) is 2.11. The summed E-state index contributed by atoms with van der Waals surface area (Å²) in [5.41, 5.74) is 2.05. The number of hydrogen-bond donors (Lipinski definition) is 0. The lowest BCUT2D eigenvalue weighted by molar-refractivity contribution is -0.115. The van der Waals surface area contributed by atoms with Crippen molar-refractivity contribution >= 4 is 27.8 Å². The number of rotatable bonds is 4. The molecule has 0 saturated carbocycles. The SMILES string of the molecule is O=C(/C=C/c1cccc(Br)c1)[C@H]1O[C@@H]1c1ccccc1. The van der Waals surface area contributed by atoms with E-state index in [0.717, 1.165) is 15.6 Å². The van der Waals surface area contributed by atoms with Gasteiger partial charge in [-0.1, -0.05) is 64.5 Å². The number of carbonyl (C=O) groups excluding carboxylic acids is 1. The van der Waals surface area contributed by atoms with Crippen LogP contribution in [0, 0.1) is 0 Å². The van der Waals surface area contributed by atoms with E-state index < -0.39 is 0 Å². The third-order valence-corrected chi connectivity index (χ3v) is 3.68. The van der Waals surface area contributed by atoms with Gasteiger partial charge >= 0.3 is 0 Å². The van der Waals surface area contributed by atoms with E-state index >= 15 is 0 Å². The second-order valence-electron chi connectivity index (χ2n) is 4.68. The van der Waals surface area contributed by atoms with Crippen LogP contribution in [0.25, 0.3) is 6.08 Å². The Hall–Kier alpha value is -1.71. The maximum absolute atomic E-state index is 12.0. The van der Waals surface area contributed by atoms with Crippen LogP contribution in [0.4, 0.5) is 0 Å². The smallest absolute Gasteiger partial charge is 0.187 e. The highest BCUT2D eigenvalue weighted by Crippen LogP contribution is 2.39. The molecule has 1 aliphatic rings. The van der Waals surface area contributed by atoms with Crippen LogP contribution in [0.2, 0.25) is 0 Å². The lowest BCUT2D eigenvalue weighted by Gasteiger charge is -1.94. The summed E-state index contributed by atoms with van der Waals surface area (Å²) in [6, 6.07) is 17.6. The van der Waals surface area contributed by atoms with Gasteiger partial charge in [0.05, 0.1) is 0 Å². The molecule has 0 unspecified atom stereocenters. The highest BCUT2D eigenvalue weighted by atomic mass is 79.9. The minimum Gasteiger partial charge on any atom is -0.356 e. The van der Waals surface area contributed by atoms with Crippen molar-refractivity contribution < 1.29 is 9.53 Å². The molecule has 2 nitrogen and oxygen atoms in total. The predicted octanol–water partition coefficient (Wildman–Crippen LogP) is 4.17. The van der Waals surface area contributed by atoms with Gasteiger partial charge in [0.1, 0.15) is 6.10 Å². The number of halogens is 1. The molecule has 1 fully saturated rings. The Kier molecular flexibility index (Phi) is 3.81. The molecule has 1 aliphatic heterocycles. The minimum absolute atomic E-state index is 0.0128. The molecule has 0 N–H and O–H groups in total. The molecule has 2 aromatic carbocycles. The number of hydrogen-bond acceptors (Lipinski definition) is 2. The van der Waals surface area contributed by atoms with E-state index in [1.165, 1.54) is 0 Å². The van der Waals surface area contributed by atoms with Gasteiger partial charge < -0.3 is 4.74 Å². The van der Waals surface area contributed by atoms with E-state index in [4.69, 9.17) is 4.74 Å². The summed E-state index contributed by atoms with van der Waals surface area (Å²) in [6.07, 6.45) is 2.99. The van der Waals surface area contributed by atoms with Crippen LogP contribution >= 0.6 is 15.9 Å². The van der Waals surface area contributed by atoms with Gasteiger partial charge in [-0.3, -0.25) is 4.79 Å². The molecule has 2 atom stereocenters. The molecule has 3 heteroatoms. The molecular formula is C17H13BrO2. The zero-order valence-corrected chi connectivity index (χ0v) is 12.3. The Morgan fingerprint density at radius 1 is 1.10 bits per heavy atom. The van der Waals surface area contributed by atoms with Gasteiger partial charge in [0.2, 0.25) is 0 Å². The first kappa shape index (κ1) is 13.3. The molecule has 0 radical (unpaired) electrons. The van der Waals surface area contributed by atoms with Crippen LogP contribution in [0.15, 0.2) is 65.1 Å².